The Balaban J connectivity index is 1.85. The van der Waals surface area contributed by atoms with Crippen molar-refractivity contribution in [2.45, 2.75) is 0 Å². The molecule has 22 heavy (non-hydrogen) atoms. The topological polar surface area (TPSA) is 77.8 Å². The van der Waals surface area contributed by atoms with Gasteiger partial charge in [0.1, 0.15) is 16.6 Å². The highest BCUT2D eigenvalue weighted by atomic mass is 35.5. The third-order valence-electron chi connectivity index (χ3n) is 2.64. The van der Waals surface area contributed by atoms with E-state index < -0.39 is 0 Å². The third-order valence-corrected chi connectivity index (χ3v) is 4.56. The van der Waals surface area contributed by atoms with Gasteiger partial charge >= 0.3 is 0 Å². The second-order valence-corrected chi connectivity index (χ2v) is 6.05. The zero-order valence-corrected chi connectivity index (χ0v) is 14.1. The normalized spacial score (nSPS) is 10.1. The van der Waals surface area contributed by atoms with Crippen LogP contribution in [0.15, 0.2) is 18.2 Å². The molecular weight excluding hydrogens is 367 g/mol. The van der Waals surface area contributed by atoms with Crippen LogP contribution in [-0.2, 0) is 0 Å². The average Bonchev–Trinajstić information content (AvgIpc) is 2.86. The lowest BCUT2D eigenvalue weighted by molar-refractivity contribution is 0.0955. The van der Waals surface area contributed by atoms with Gasteiger partial charge < -0.3 is 10.6 Å². The fourth-order valence-corrected chi connectivity index (χ4v) is 2.84. The summed E-state index contributed by atoms with van der Waals surface area (Å²) in [6.45, 7) is 0.791. The number of anilines is 1. The van der Waals surface area contributed by atoms with Crippen LogP contribution in [0.4, 0.5) is 5.00 Å². The van der Waals surface area contributed by atoms with Crippen molar-refractivity contribution in [1.29, 1.82) is 5.26 Å². The first-order valence-electron chi connectivity index (χ1n) is 6.05. The Kier molecular flexibility index (Phi) is 5.86. The number of carbonyl (C=O) groups is 1. The summed E-state index contributed by atoms with van der Waals surface area (Å²) in [6.07, 6.45) is 0. The first kappa shape index (κ1) is 16.8. The number of halogens is 3. The molecule has 2 rings (SSSR count). The molecule has 0 unspecified atom stereocenters. The molecule has 1 heterocycles. The van der Waals surface area contributed by atoms with E-state index in [9.17, 15) is 4.79 Å². The molecule has 1 aromatic heterocycles. The van der Waals surface area contributed by atoms with Gasteiger partial charge in [0.05, 0.1) is 10.0 Å². The Morgan fingerprint density at radius 3 is 2.73 bits per heavy atom. The van der Waals surface area contributed by atoms with Gasteiger partial charge in [0.2, 0.25) is 0 Å². The summed E-state index contributed by atoms with van der Waals surface area (Å²) in [5, 5.41) is 16.1. The van der Waals surface area contributed by atoms with Gasteiger partial charge in [-0.25, -0.2) is 0 Å². The number of hydrogen-bond acceptors (Lipinski definition) is 5. The van der Waals surface area contributed by atoms with E-state index in [1.807, 2.05) is 6.07 Å². The zero-order chi connectivity index (χ0) is 16.1. The van der Waals surface area contributed by atoms with E-state index in [1.165, 1.54) is 6.07 Å². The molecule has 0 aliphatic heterocycles. The van der Waals surface area contributed by atoms with Crippen LogP contribution in [-0.4, -0.2) is 23.4 Å². The maximum absolute atomic E-state index is 11.9. The second kappa shape index (κ2) is 7.65. The van der Waals surface area contributed by atoms with Crippen molar-refractivity contribution in [2.24, 2.45) is 0 Å². The maximum atomic E-state index is 11.9. The molecule has 1 aromatic carbocycles. The Hall–Kier alpha value is -1.52. The Morgan fingerprint density at radius 2 is 2.05 bits per heavy atom. The van der Waals surface area contributed by atoms with E-state index in [-0.39, 0.29) is 11.1 Å². The Bertz CT molecular complexity index is 741. The molecule has 0 fully saturated rings. The number of nitrogens with zero attached hydrogens (tertiary/aromatic N) is 2. The molecule has 0 spiro atoms. The van der Waals surface area contributed by atoms with Gasteiger partial charge in [-0.15, -0.1) is 0 Å². The van der Waals surface area contributed by atoms with Crippen LogP contribution in [0.2, 0.25) is 15.2 Å². The van der Waals surface area contributed by atoms with Crippen molar-refractivity contribution < 1.29 is 4.79 Å². The predicted molar refractivity (Wildman–Crippen MR) is 89.1 cm³/mol. The standard InChI is InChI=1S/C13H9Cl3N4OS/c14-9-2-1-7(5-10(9)15)12(21)18-3-4-19-13-8(6-17)11(16)20-22-13/h1-2,5,19H,3-4H2,(H,18,21). The number of nitrogens with one attached hydrogen (secondary N) is 2. The van der Waals surface area contributed by atoms with Crippen LogP contribution in [0, 0.1) is 11.3 Å². The highest BCUT2D eigenvalue weighted by Crippen LogP contribution is 2.27. The van der Waals surface area contributed by atoms with Gasteiger partial charge in [-0.2, -0.15) is 9.64 Å². The summed E-state index contributed by atoms with van der Waals surface area (Å²) in [5.41, 5.74) is 0.732. The molecular formula is C13H9Cl3N4OS. The van der Waals surface area contributed by atoms with Crippen molar-refractivity contribution in [1.82, 2.24) is 9.69 Å². The zero-order valence-electron chi connectivity index (χ0n) is 11.0. The lowest BCUT2D eigenvalue weighted by atomic mass is 10.2. The highest BCUT2D eigenvalue weighted by Gasteiger charge is 2.11. The molecule has 0 aliphatic carbocycles. The van der Waals surface area contributed by atoms with Crippen LogP contribution in [0.3, 0.4) is 0 Å². The molecule has 0 saturated heterocycles. The van der Waals surface area contributed by atoms with Crippen molar-refractivity contribution in [3.05, 3.63) is 44.5 Å². The minimum Gasteiger partial charge on any atom is -0.373 e. The molecule has 0 atom stereocenters. The third kappa shape index (κ3) is 4.02. The quantitative estimate of drug-likeness (QED) is 0.779. The summed E-state index contributed by atoms with van der Waals surface area (Å²) in [5.74, 6) is -0.261. The molecule has 0 aliphatic rings. The molecule has 1 amide bonds. The number of benzene rings is 1. The Morgan fingerprint density at radius 1 is 1.27 bits per heavy atom. The SMILES string of the molecule is N#Cc1c(Cl)nsc1NCCNC(=O)c1ccc(Cl)c(Cl)c1. The maximum Gasteiger partial charge on any atom is 0.251 e. The molecule has 2 N–H and O–H groups in total. The van der Waals surface area contributed by atoms with Gasteiger partial charge in [-0.3, -0.25) is 4.79 Å². The molecule has 5 nitrogen and oxygen atoms in total. The largest absolute Gasteiger partial charge is 0.373 e. The lowest BCUT2D eigenvalue weighted by Gasteiger charge is -2.07. The van der Waals surface area contributed by atoms with E-state index in [0.717, 1.165) is 11.5 Å². The highest BCUT2D eigenvalue weighted by molar-refractivity contribution is 7.10. The van der Waals surface area contributed by atoms with Crippen molar-refractivity contribution in [2.75, 3.05) is 18.4 Å². The lowest BCUT2D eigenvalue weighted by Crippen LogP contribution is -2.28. The van der Waals surface area contributed by atoms with Crippen LogP contribution in [0.1, 0.15) is 15.9 Å². The van der Waals surface area contributed by atoms with Crippen molar-refractivity contribution >= 4 is 57.2 Å². The summed E-state index contributed by atoms with van der Waals surface area (Å²) in [7, 11) is 0. The van der Waals surface area contributed by atoms with Gasteiger partial charge in [0.25, 0.3) is 5.91 Å². The molecule has 0 radical (unpaired) electrons. The van der Waals surface area contributed by atoms with Crippen molar-refractivity contribution in [3.8, 4) is 6.07 Å². The summed E-state index contributed by atoms with van der Waals surface area (Å²) in [4.78, 5) is 11.9. The fraction of sp³-hybridized carbons (Fsp3) is 0.154. The number of hydrogen-bond donors (Lipinski definition) is 2. The van der Waals surface area contributed by atoms with Crippen molar-refractivity contribution in [3.63, 3.8) is 0 Å². The van der Waals surface area contributed by atoms with Gasteiger partial charge in [-0.1, -0.05) is 34.8 Å². The number of aromatic nitrogens is 1. The first-order chi connectivity index (χ1) is 10.5. The monoisotopic (exact) mass is 374 g/mol. The smallest absolute Gasteiger partial charge is 0.251 e. The van der Waals surface area contributed by atoms with E-state index in [2.05, 4.69) is 15.0 Å². The average molecular weight is 376 g/mol. The molecule has 0 saturated carbocycles. The number of amides is 1. The first-order valence-corrected chi connectivity index (χ1v) is 7.96. The van der Waals surface area contributed by atoms with Gasteiger partial charge in [-0.05, 0) is 29.7 Å². The fourth-order valence-electron chi connectivity index (χ4n) is 1.58. The van der Waals surface area contributed by atoms with Gasteiger partial charge in [0.15, 0.2) is 5.15 Å². The van der Waals surface area contributed by atoms with E-state index in [0.29, 0.717) is 39.3 Å². The minimum absolute atomic E-state index is 0.176. The Labute approximate surface area is 146 Å². The number of rotatable bonds is 5. The van der Waals surface area contributed by atoms with Crippen LogP contribution < -0.4 is 10.6 Å². The summed E-state index contributed by atoms with van der Waals surface area (Å²) in [6, 6.07) is 6.63. The number of carbonyl (C=O) groups excluding carboxylic acids is 1. The molecule has 9 heteroatoms. The molecule has 114 valence electrons. The van der Waals surface area contributed by atoms with E-state index in [1.54, 1.807) is 12.1 Å². The second-order valence-electron chi connectivity index (χ2n) is 4.10. The minimum atomic E-state index is -0.261. The molecule has 0 bridgehead atoms. The van der Waals surface area contributed by atoms with Crippen LogP contribution in [0.5, 0.6) is 0 Å². The van der Waals surface area contributed by atoms with Gasteiger partial charge in [0, 0.05) is 18.7 Å². The number of nitriles is 1. The van der Waals surface area contributed by atoms with Crippen LogP contribution >= 0.6 is 46.3 Å². The predicted octanol–water partition coefficient (Wildman–Crippen LogP) is 3.82. The van der Waals surface area contributed by atoms with E-state index in [4.69, 9.17) is 40.1 Å². The summed E-state index contributed by atoms with van der Waals surface area (Å²) < 4.78 is 3.87. The van der Waals surface area contributed by atoms with E-state index >= 15 is 0 Å². The summed E-state index contributed by atoms with van der Waals surface area (Å²) >= 11 is 18.5. The van der Waals surface area contributed by atoms with Crippen LogP contribution in [0.25, 0.3) is 0 Å². The molecule has 2 aromatic rings.